The molecule has 0 radical (unpaired) electrons. The minimum absolute atomic E-state index is 0.101. The van der Waals surface area contributed by atoms with E-state index in [0.29, 0.717) is 28.4 Å². The standard InChI is InChI=1S/C20H22N4O4S/c1-11(2)28-18-13(7-21)8-22-16-4-3-12(5-15(16)18)6-17-19(27)24-20(29-17)23-14(9-25)10-26/h3-5,8,11,14,17,25-26H,6,9-10H2,1-2H3,(H,23,24,27). The molecule has 152 valence electrons. The molecule has 1 aromatic carbocycles. The highest BCUT2D eigenvalue weighted by Crippen LogP contribution is 2.31. The fraction of sp³-hybridized carbons (Fsp3) is 0.400. The molecule has 1 unspecified atom stereocenters. The first kappa shape index (κ1) is 21.0. The van der Waals surface area contributed by atoms with Crippen LogP contribution in [0.15, 0.2) is 29.4 Å². The maximum atomic E-state index is 12.3. The molecule has 1 atom stereocenters. The summed E-state index contributed by atoms with van der Waals surface area (Å²) in [6.45, 7) is 3.27. The molecule has 0 spiro atoms. The average molecular weight is 414 g/mol. The number of amidine groups is 1. The molecule has 2 heterocycles. The van der Waals surface area contributed by atoms with E-state index < -0.39 is 11.3 Å². The highest BCUT2D eigenvalue weighted by atomic mass is 32.2. The van der Waals surface area contributed by atoms with Crippen molar-refractivity contribution in [1.29, 1.82) is 5.26 Å². The van der Waals surface area contributed by atoms with Crippen molar-refractivity contribution < 1.29 is 19.7 Å². The molecule has 0 aliphatic carbocycles. The number of aliphatic hydroxyl groups excluding tert-OH is 2. The lowest BCUT2D eigenvalue weighted by atomic mass is 10.0. The number of fused-ring (bicyclic) bond motifs is 1. The Bertz CT molecular complexity index is 982. The number of nitrogens with one attached hydrogen (secondary N) is 1. The number of pyridine rings is 1. The first-order valence-corrected chi connectivity index (χ1v) is 10.1. The van der Waals surface area contributed by atoms with Gasteiger partial charge in [-0.25, -0.2) is 0 Å². The van der Waals surface area contributed by atoms with Crippen molar-refractivity contribution in [3.05, 3.63) is 35.5 Å². The Morgan fingerprint density at radius 1 is 1.34 bits per heavy atom. The molecule has 1 aromatic heterocycles. The smallest absolute Gasteiger partial charge is 0.261 e. The highest BCUT2D eigenvalue weighted by molar-refractivity contribution is 8.15. The van der Waals surface area contributed by atoms with Crippen LogP contribution in [0.4, 0.5) is 0 Å². The third-order valence-electron chi connectivity index (χ3n) is 4.29. The van der Waals surface area contributed by atoms with E-state index in [2.05, 4.69) is 21.4 Å². The van der Waals surface area contributed by atoms with Gasteiger partial charge >= 0.3 is 0 Å². The number of hydrogen-bond acceptors (Lipinski definition) is 8. The van der Waals surface area contributed by atoms with Gasteiger partial charge in [0, 0.05) is 11.6 Å². The van der Waals surface area contributed by atoms with Crippen LogP contribution in [0.5, 0.6) is 5.75 Å². The summed E-state index contributed by atoms with van der Waals surface area (Å²) in [5.41, 5.74) is 1.97. The monoisotopic (exact) mass is 414 g/mol. The van der Waals surface area contributed by atoms with Crippen molar-refractivity contribution in [2.75, 3.05) is 13.2 Å². The Balaban J connectivity index is 1.82. The third-order valence-corrected chi connectivity index (χ3v) is 5.37. The Morgan fingerprint density at radius 3 is 2.76 bits per heavy atom. The van der Waals surface area contributed by atoms with Gasteiger partial charge in [-0.2, -0.15) is 10.3 Å². The van der Waals surface area contributed by atoms with E-state index in [1.54, 1.807) is 0 Å². The molecular formula is C20H22N4O4S. The number of rotatable bonds is 7. The number of carbonyl (C=O) groups excluding carboxylic acids is 1. The Morgan fingerprint density at radius 2 is 2.10 bits per heavy atom. The zero-order valence-corrected chi connectivity index (χ0v) is 16.9. The van der Waals surface area contributed by atoms with Gasteiger partial charge in [-0.3, -0.25) is 9.78 Å². The van der Waals surface area contributed by atoms with Crippen molar-refractivity contribution >= 4 is 33.7 Å². The number of amides is 1. The number of ether oxygens (including phenoxy) is 1. The number of nitriles is 1. The SMILES string of the molecule is CC(C)Oc1c(C#N)cnc2ccc(CC3SC(NC(CO)CO)=NC3=O)cc12. The van der Waals surface area contributed by atoms with Crippen molar-refractivity contribution in [1.82, 2.24) is 10.3 Å². The lowest BCUT2D eigenvalue weighted by molar-refractivity contribution is -0.117. The summed E-state index contributed by atoms with van der Waals surface area (Å²) in [5.74, 6) is 0.224. The Labute approximate surface area is 172 Å². The first-order valence-electron chi connectivity index (χ1n) is 9.21. The molecular weight excluding hydrogens is 392 g/mol. The summed E-state index contributed by atoms with van der Waals surface area (Å²) >= 11 is 1.27. The number of nitrogens with zero attached hydrogens (tertiary/aromatic N) is 3. The van der Waals surface area contributed by atoms with Gasteiger partial charge in [0.15, 0.2) is 5.17 Å². The molecule has 8 nitrogen and oxygen atoms in total. The van der Waals surface area contributed by atoms with Gasteiger partial charge in [-0.15, -0.1) is 0 Å². The molecule has 3 rings (SSSR count). The van der Waals surface area contributed by atoms with Crippen LogP contribution in [0, 0.1) is 11.3 Å². The lowest BCUT2D eigenvalue weighted by Gasteiger charge is -2.15. The van der Waals surface area contributed by atoms with Crippen molar-refractivity contribution in [2.24, 2.45) is 4.99 Å². The van der Waals surface area contributed by atoms with E-state index in [1.165, 1.54) is 18.0 Å². The molecule has 29 heavy (non-hydrogen) atoms. The second-order valence-electron chi connectivity index (χ2n) is 6.90. The predicted molar refractivity (Wildman–Crippen MR) is 111 cm³/mol. The van der Waals surface area contributed by atoms with Crippen LogP contribution in [-0.2, 0) is 11.2 Å². The molecule has 1 aliphatic heterocycles. The summed E-state index contributed by atoms with van der Waals surface area (Å²) < 4.78 is 5.87. The maximum absolute atomic E-state index is 12.3. The molecule has 0 fully saturated rings. The maximum Gasteiger partial charge on any atom is 0.261 e. The van der Waals surface area contributed by atoms with Gasteiger partial charge in [0.2, 0.25) is 0 Å². The number of aliphatic imine (C=N–C) groups is 1. The molecule has 0 bridgehead atoms. The van der Waals surface area contributed by atoms with Gasteiger partial charge < -0.3 is 20.3 Å². The van der Waals surface area contributed by atoms with Crippen molar-refractivity contribution in [3.63, 3.8) is 0 Å². The minimum Gasteiger partial charge on any atom is -0.489 e. The van der Waals surface area contributed by atoms with E-state index in [4.69, 9.17) is 4.74 Å². The molecule has 0 saturated heterocycles. The average Bonchev–Trinajstić information content (AvgIpc) is 3.05. The van der Waals surface area contributed by atoms with Crippen LogP contribution in [-0.4, -0.2) is 56.9 Å². The lowest BCUT2D eigenvalue weighted by Crippen LogP contribution is -2.38. The van der Waals surface area contributed by atoms with E-state index in [9.17, 15) is 20.3 Å². The van der Waals surface area contributed by atoms with Crippen molar-refractivity contribution in [2.45, 2.75) is 37.7 Å². The van der Waals surface area contributed by atoms with E-state index in [1.807, 2.05) is 32.0 Å². The van der Waals surface area contributed by atoms with Crippen LogP contribution in [0.1, 0.15) is 25.0 Å². The second kappa shape index (κ2) is 9.22. The first-order chi connectivity index (χ1) is 13.9. The quantitative estimate of drug-likeness (QED) is 0.620. The number of carbonyl (C=O) groups is 1. The summed E-state index contributed by atoms with van der Waals surface area (Å²) in [6, 6.07) is 7.19. The van der Waals surface area contributed by atoms with E-state index in [-0.39, 0.29) is 25.2 Å². The van der Waals surface area contributed by atoms with Gasteiger partial charge in [0.1, 0.15) is 17.4 Å². The van der Waals surface area contributed by atoms with Crippen LogP contribution in [0.25, 0.3) is 10.9 Å². The highest BCUT2D eigenvalue weighted by Gasteiger charge is 2.29. The fourth-order valence-corrected chi connectivity index (χ4v) is 3.98. The predicted octanol–water partition coefficient (Wildman–Crippen LogP) is 1.38. The summed E-state index contributed by atoms with van der Waals surface area (Å²) in [4.78, 5) is 20.6. The van der Waals surface area contributed by atoms with Crippen LogP contribution in [0.3, 0.4) is 0 Å². The summed E-state index contributed by atoms with van der Waals surface area (Å²) in [5, 5.41) is 31.3. The van der Waals surface area contributed by atoms with E-state index in [0.717, 1.165) is 10.9 Å². The summed E-state index contributed by atoms with van der Waals surface area (Å²) in [6.07, 6.45) is 1.84. The summed E-state index contributed by atoms with van der Waals surface area (Å²) in [7, 11) is 0. The largest absolute Gasteiger partial charge is 0.489 e. The number of aliphatic hydroxyl groups is 2. The van der Waals surface area contributed by atoms with Crippen molar-refractivity contribution in [3.8, 4) is 11.8 Å². The van der Waals surface area contributed by atoms with E-state index >= 15 is 0 Å². The molecule has 9 heteroatoms. The van der Waals surface area contributed by atoms with Gasteiger partial charge in [-0.05, 0) is 38.0 Å². The molecule has 1 amide bonds. The molecule has 2 aromatic rings. The fourth-order valence-electron chi connectivity index (χ4n) is 2.90. The van der Waals surface area contributed by atoms with Crippen LogP contribution in [0.2, 0.25) is 0 Å². The Kier molecular flexibility index (Phi) is 6.69. The number of benzene rings is 1. The topological polar surface area (TPSA) is 128 Å². The molecule has 0 saturated carbocycles. The zero-order chi connectivity index (χ0) is 21.0. The normalized spacial score (nSPS) is 16.4. The van der Waals surface area contributed by atoms with Crippen LogP contribution >= 0.6 is 11.8 Å². The third kappa shape index (κ3) is 4.85. The number of thioether (sulfide) groups is 1. The number of hydrogen-bond donors (Lipinski definition) is 3. The minimum atomic E-state index is -0.556. The van der Waals surface area contributed by atoms with Gasteiger partial charge in [-0.1, -0.05) is 17.8 Å². The molecule has 1 aliphatic rings. The van der Waals surface area contributed by atoms with Gasteiger partial charge in [0.05, 0.1) is 36.1 Å². The Hall–Kier alpha value is -2.67. The molecule has 3 N–H and O–H groups in total. The van der Waals surface area contributed by atoms with Gasteiger partial charge in [0.25, 0.3) is 5.91 Å². The second-order valence-corrected chi connectivity index (χ2v) is 8.09. The van der Waals surface area contributed by atoms with Crippen LogP contribution < -0.4 is 10.1 Å². The zero-order valence-electron chi connectivity index (χ0n) is 16.1. The number of aromatic nitrogens is 1.